The molecule has 2 aliphatic heterocycles. The van der Waals surface area contributed by atoms with Gasteiger partial charge in [-0.1, -0.05) is 6.07 Å². The van der Waals surface area contributed by atoms with Crippen LogP contribution in [0.1, 0.15) is 18.4 Å². The summed E-state index contributed by atoms with van der Waals surface area (Å²) in [5, 5.41) is 0. The van der Waals surface area contributed by atoms with Crippen LogP contribution in [-0.4, -0.2) is 72.0 Å². The number of H-pyrrole nitrogens is 1. The number of benzene rings is 2. The first-order chi connectivity index (χ1) is 15.5. The number of carbonyl (C=O) groups is 1. The molecule has 2 fully saturated rings. The fraction of sp³-hybridized carbons (Fsp3) is 0.440. The summed E-state index contributed by atoms with van der Waals surface area (Å²) in [6.45, 7) is 7.17. The number of hydrogen-bond acceptors (Lipinski definition) is 4. The van der Waals surface area contributed by atoms with Crippen molar-refractivity contribution < 1.29 is 9.18 Å². The maximum absolute atomic E-state index is 14.7. The minimum absolute atomic E-state index is 0.0909. The molecule has 1 amide bonds. The van der Waals surface area contributed by atoms with E-state index in [1.807, 2.05) is 42.2 Å². The first-order valence-electron chi connectivity index (χ1n) is 11.5. The average molecular weight is 436 g/mol. The molecule has 0 spiro atoms. The lowest BCUT2D eigenvalue weighted by Crippen LogP contribution is -2.50. The van der Waals surface area contributed by atoms with Crippen molar-refractivity contribution in [3.63, 3.8) is 0 Å². The lowest BCUT2D eigenvalue weighted by Gasteiger charge is -2.38. The SMILES string of the molecule is Cc1ccc2[nH]c(-c3cc(N4CCC(C(=O)N5CCN(C)CC5)CC4)ccc3F)nc2c1. The van der Waals surface area contributed by atoms with Crippen molar-refractivity contribution in [3.05, 3.63) is 47.8 Å². The Kier molecular flexibility index (Phi) is 5.59. The van der Waals surface area contributed by atoms with E-state index < -0.39 is 0 Å². The van der Waals surface area contributed by atoms with Gasteiger partial charge in [0.25, 0.3) is 0 Å². The number of amides is 1. The monoisotopic (exact) mass is 435 g/mol. The number of piperidine rings is 1. The lowest BCUT2D eigenvalue weighted by atomic mass is 9.94. The van der Waals surface area contributed by atoms with E-state index in [4.69, 9.17) is 0 Å². The van der Waals surface area contributed by atoms with Gasteiger partial charge in [0.1, 0.15) is 11.6 Å². The molecular weight excluding hydrogens is 405 g/mol. The number of nitrogens with zero attached hydrogens (tertiary/aromatic N) is 4. The fourth-order valence-electron chi connectivity index (χ4n) is 4.80. The number of likely N-dealkylation sites (N-methyl/N-ethyl adjacent to an activating group) is 1. The number of fused-ring (bicyclic) bond motifs is 1. The molecule has 2 saturated heterocycles. The van der Waals surface area contributed by atoms with E-state index in [2.05, 4.69) is 26.8 Å². The van der Waals surface area contributed by atoms with Crippen LogP contribution >= 0.6 is 0 Å². The van der Waals surface area contributed by atoms with Gasteiger partial charge in [-0.05, 0) is 62.7 Å². The van der Waals surface area contributed by atoms with Crippen LogP contribution in [0.3, 0.4) is 0 Å². The Labute approximate surface area is 188 Å². The van der Waals surface area contributed by atoms with Crippen LogP contribution in [0, 0.1) is 18.7 Å². The second-order valence-corrected chi connectivity index (χ2v) is 9.16. The van der Waals surface area contributed by atoms with Crippen molar-refractivity contribution in [2.45, 2.75) is 19.8 Å². The molecule has 0 atom stereocenters. The standard InChI is InChI=1S/C25H30FN5O/c1-17-3-6-22-23(15-17)28-24(27-22)20-16-19(4-5-21(20)26)30-9-7-18(8-10-30)25(32)31-13-11-29(2)12-14-31/h3-6,15-16,18H,7-14H2,1-2H3,(H,27,28). The molecular formula is C25H30FN5O. The Balaban J connectivity index is 1.29. The van der Waals surface area contributed by atoms with Gasteiger partial charge in [-0.25, -0.2) is 9.37 Å². The van der Waals surface area contributed by atoms with Gasteiger partial charge in [-0.15, -0.1) is 0 Å². The van der Waals surface area contributed by atoms with Crippen LogP contribution in [0.4, 0.5) is 10.1 Å². The zero-order chi connectivity index (χ0) is 22.2. The summed E-state index contributed by atoms with van der Waals surface area (Å²) in [7, 11) is 2.10. The molecule has 0 saturated carbocycles. The molecule has 0 aliphatic carbocycles. The minimum Gasteiger partial charge on any atom is -0.371 e. The first kappa shape index (κ1) is 20.9. The molecule has 7 heteroatoms. The van der Waals surface area contributed by atoms with E-state index in [1.54, 1.807) is 0 Å². The third-order valence-corrected chi connectivity index (χ3v) is 6.87. The molecule has 3 heterocycles. The van der Waals surface area contributed by atoms with Gasteiger partial charge in [0, 0.05) is 50.9 Å². The average Bonchev–Trinajstić information content (AvgIpc) is 3.22. The van der Waals surface area contributed by atoms with E-state index in [1.165, 1.54) is 6.07 Å². The van der Waals surface area contributed by atoms with E-state index in [9.17, 15) is 9.18 Å². The minimum atomic E-state index is -0.287. The van der Waals surface area contributed by atoms with Crippen molar-refractivity contribution in [2.24, 2.45) is 5.92 Å². The second kappa shape index (κ2) is 8.54. The molecule has 6 nitrogen and oxygen atoms in total. The van der Waals surface area contributed by atoms with Crippen molar-refractivity contribution in [2.75, 3.05) is 51.2 Å². The highest BCUT2D eigenvalue weighted by Gasteiger charge is 2.30. The number of hydrogen-bond donors (Lipinski definition) is 1. The van der Waals surface area contributed by atoms with Gasteiger partial charge in [0.15, 0.2) is 0 Å². The number of anilines is 1. The quantitative estimate of drug-likeness (QED) is 0.682. The summed E-state index contributed by atoms with van der Waals surface area (Å²) in [4.78, 5) is 27.3. The summed E-state index contributed by atoms with van der Waals surface area (Å²) in [5.41, 5.74) is 4.32. The topological polar surface area (TPSA) is 55.5 Å². The molecule has 3 aromatic rings. The van der Waals surface area contributed by atoms with Gasteiger partial charge in [-0.3, -0.25) is 4.79 Å². The number of halogens is 1. The van der Waals surface area contributed by atoms with Crippen molar-refractivity contribution in [3.8, 4) is 11.4 Å². The predicted molar refractivity (Wildman–Crippen MR) is 125 cm³/mol. The molecule has 5 rings (SSSR count). The Bertz CT molecular complexity index is 1130. The summed E-state index contributed by atoms with van der Waals surface area (Å²) >= 11 is 0. The molecule has 0 bridgehead atoms. The van der Waals surface area contributed by atoms with Crippen molar-refractivity contribution in [1.29, 1.82) is 0 Å². The molecule has 1 aromatic heterocycles. The van der Waals surface area contributed by atoms with E-state index in [0.29, 0.717) is 17.3 Å². The maximum atomic E-state index is 14.7. The van der Waals surface area contributed by atoms with E-state index >= 15 is 0 Å². The van der Waals surface area contributed by atoms with Crippen molar-refractivity contribution >= 4 is 22.6 Å². The highest BCUT2D eigenvalue weighted by molar-refractivity contribution is 5.81. The molecule has 1 N–H and O–H groups in total. The predicted octanol–water partition coefficient (Wildman–Crippen LogP) is 3.67. The Morgan fingerprint density at radius 2 is 1.78 bits per heavy atom. The number of carbonyl (C=O) groups excluding carboxylic acids is 1. The Morgan fingerprint density at radius 3 is 2.53 bits per heavy atom. The summed E-state index contributed by atoms with van der Waals surface area (Å²) in [5.74, 6) is 0.651. The van der Waals surface area contributed by atoms with E-state index in [-0.39, 0.29) is 11.7 Å². The van der Waals surface area contributed by atoms with Gasteiger partial charge in [0.2, 0.25) is 5.91 Å². The first-order valence-corrected chi connectivity index (χ1v) is 11.5. The molecule has 32 heavy (non-hydrogen) atoms. The van der Waals surface area contributed by atoms with Crippen LogP contribution in [0.15, 0.2) is 36.4 Å². The van der Waals surface area contributed by atoms with Crippen LogP contribution in [-0.2, 0) is 4.79 Å². The third kappa shape index (κ3) is 4.09. The molecule has 2 aromatic carbocycles. The highest BCUT2D eigenvalue weighted by atomic mass is 19.1. The fourth-order valence-corrected chi connectivity index (χ4v) is 4.80. The number of nitrogens with one attached hydrogen (secondary N) is 1. The number of aryl methyl sites for hydroxylation is 1. The largest absolute Gasteiger partial charge is 0.371 e. The summed E-state index contributed by atoms with van der Waals surface area (Å²) in [6, 6.07) is 11.2. The number of aromatic amines is 1. The smallest absolute Gasteiger partial charge is 0.225 e. The van der Waals surface area contributed by atoms with Gasteiger partial charge >= 0.3 is 0 Å². The molecule has 2 aliphatic rings. The normalized spacial score (nSPS) is 18.5. The third-order valence-electron chi connectivity index (χ3n) is 6.87. The van der Waals surface area contributed by atoms with E-state index in [0.717, 1.165) is 74.4 Å². The van der Waals surface area contributed by atoms with Crippen LogP contribution < -0.4 is 4.90 Å². The molecule has 0 radical (unpaired) electrons. The highest BCUT2D eigenvalue weighted by Crippen LogP contribution is 2.30. The van der Waals surface area contributed by atoms with Gasteiger partial charge in [0.05, 0.1) is 16.6 Å². The number of aromatic nitrogens is 2. The number of rotatable bonds is 3. The molecule has 0 unspecified atom stereocenters. The molecule has 168 valence electrons. The zero-order valence-electron chi connectivity index (χ0n) is 18.8. The van der Waals surface area contributed by atoms with Crippen LogP contribution in [0.5, 0.6) is 0 Å². The van der Waals surface area contributed by atoms with Gasteiger partial charge < -0.3 is 19.7 Å². The Hall–Kier alpha value is -2.93. The van der Waals surface area contributed by atoms with Gasteiger partial charge in [-0.2, -0.15) is 0 Å². The Morgan fingerprint density at radius 1 is 1.03 bits per heavy atom. The summed E-state index contributed by atoms with van der Waals surface area (Å²) < 4.78 is 14.7. The number of imidazole rings is 1. The zero-order valence-corrected chi connectivity index (χ0v) is 18.8. The van der Waals surface area contributed by atoms with Crippen LogP contribution in [0.25, 0.3) is 22.4 Å². The second-order valence-electron chi connectivity index (χ2n) is 9.16. The summed E-state index contributed by atoms with van der Waals surface area (Å²) in [6.07, 6.45) is 1.67. The maximum Gasteiger partial charge on any atom is 0.225 e. The lowest BCUT2D eigenvalue weighted by molar-refractivity contribution is -0.137. The van der Waals surface area contributed by atoms with Crippen LogP contribution in [0.2, 0.25) is 0 Å². The van der Waals surface area contributed by atoms with Crippen molar-refractivity contribution in [1.82, 2.24) is 19.8 Å². The number of piperazine rings is 1.